The van der Waals surface area contributed by atoms with Crippen molar-refractivity contribution in [2.24, 2.45) is 0 Å². The van der Waals surface area contributed by atoms with E-state index in [4.69, 9.17) is 16.3 Å². The molecule has 3 aromatic rings. The molecule has 0 unspecified atom stereocenters. The van der Waals surface area contributed by atoms with Gasteiger partial charge in [-0.25, -0.2) is 9.37 Å². The maximum Gasteiger partial charge on any atom is 0.261 e. The van der Waals surface area contributed by atoms with E-state index in [9.17, 15) is 14.0 Å². The molecule has 3 aliphatic rings. The molecule has 2 aromatic heterocycles. The van der Waals surface area contributed by atoms with Crippen LogP contribution in [-0.2, 0) is 4.79 Å². The number of rotatable bonds is 6. The number of carbonyl (C=O) groups is 2. The number of nitrogens with one attached hydrogen (secondary N) is 2. The van der Waals surface area contributed by atoms with Crippen molar-refractivity contribution >= 4 is 45.1 Å². The molecule has 30 heavy (non-hydrogen) atoms. The second kappa shape index (κ2) is 6.88. The zero-order valence-corrected chi connectivity index (χ0v) is 17.1. The van der Waals surface area contributed by atoms with Gasteiger partial charge in [0.2, 0.25) is 0 Å². The Hall–Kier alpha value is -2.78. The number of nitrogens with zero attached hydrogens (tertiary/aromatic N) is 2. The third kappa shape index (κ3) is 3.37. The molecular weight excluding hydrogens is 431 g/mol. The molecule has 154 valence electrons. The zero-order valence-electron chi connectivity index (χ0n) is 15.6. The molecule has 3 aliphatic carbocycles. The Morgan fingerprint density at radius 1 is 1.13 bits per heavy atom. The molecule has 7 nitrogen and oxygen atoms in total. The van der Waals surface area contributed by atoms with Crippen LogP contribution in [-0.4, -0.2) is 39.5 Å². The summed E-state index contributed by atoms with van der Waals surface area (Å²) in [5.41, 5.74) is 0.124. The van der Waals surface area contributed by atoms with Crippen LogP contribution in [0.3, 0.4) is 0 Å². The number of carbonyl (C=O) groups excluding carboxylic acids is 2. The fourth-order valence-electron chi connectivity index (χ4n) is 4.29. The van der Waals surface area contributed by atoms with E-state index < -0.39 is 5.82 Å². The van der Waals surface area contributed by atoms with Gasteiger partial charge in [-0.2, -0.15) is 0 Å². The average Bonchev–Trinajstić information content (AvgIpc) is 3.10. The van der Waals surface area contributed by atoms with Crippen molar-refractivity contribution in [3.05, 3.63) is 52.4 Å². The highest BCUT2D eigenvalue weighted by Crippen LogP contribution is 2.60. The lowest BCUT2D eigenvalue weighted by molar-refractivity contribution is -0.141. The van der Waals surface area contributed by atoms with Gasteiger partial charge in [0.25, 0.3) is 11.8 Å². The fourth-order valence-corrected chi connectivity index (χ4v) is 5.26. The van der Waals surface area contributed by atoms with Crippen LogP contribution in [0.5, 0.6) is 5.75 Å². The Morgan fingerprint density at radius 3 is 2.60 bits per heavy atom. The number of thiophene rings is 1. The second-order valence-electron chi connectivity index (χ2n) is 7.82. The van der Waals surface area contributed by atoms with Crippen LogP contribution in [0, 0.1) is 5.82 Å². The summed E-state index contributed by atoms with van der Waals surface area (Å²) < 4.78 is 18.7. The lowest BCUT2D eigenvalue weighted by Gasteiger charge is -2.70. The van der Waals surface area contributed by atoms with E-state index in [1.807, 2.05) is 0 Å². The molecule has 2 bridgehead atoms. The summed E-state index contributed by atoms with van der Waals surface area (Å²) >= 11 is 6.93. The monoisotopic (exact) mass is 446 g/mol. The second-order valence-corrected chi connectivity index (χ2v) is 9.25. The van der Waals surface area contributed by atoms with Crippen LogP contribution < -0.4 is 15.4 Å². The SMILES string of the molecule is O=C(COc1ccc(Cl)c(F)c1)NC12CC(NC(=O)c3cc4nccnc4s3)(C1)C2. The van der Waals surface area contributed by atoms with Crippen LogP contribution in [0.2, 0.25) is 5.02 Å². The summed E-state index contributed by atoms with van der Waals surface area (Å²) in [5, 5.41) is 6.04. The number of hydrogen-bond donors (Lipinski definition) is 2. The van der Waals surface area contributed by atoms with Crippen LogP contribution in [0.4, 0.5) is 4.39 Å². The smallest absolute Gasteiger partial charge is 0.261 e. The summed E-state index contributed by atoms with van der Waals surface area (Å²) in [6, 6.07) is 5.76. The third-order valence-electron chi connectivity index (χ3n) is 5.46. The summed E-state index contributed by atoms with van der Waals surface area (Å²) in [4.78, 5) is 34.5. The molecule has 2 amide bonds. The van der Waals surface area contributed by atoms with Crippen molar-refractivity contribution in [1.29, 1.82) is 0 Å². The van der Waals surface area contributed by atoms with Crippen molar-refractivity contribution in [3.63, 3.8) is 0 Å². The molecule has 3 saturated carbocycles. The predicted molar refractivity (Wildman–Crippen MR) is 109 cm³/mol. The summed E-state index contributed by atoms with van der Waals surface area (Å²) in [5.74, 6) is -0.795. The average molecular weight is 447 g/mol. The van der Waals surface area contributed by atoms with Gasteiger partial charge in [-0.1, -0.05) is 11.6 Å². The van der Waals surface area contributed by atoms with Crippen LogP contribution in [0.1, 0.15) is 28.9 Å². The standard InChI is InChI=1S/C20H16ClFN4O3S/c21-12-2-1-11(5-13(12)22)29-7-16(27)25-19-8-20(9-19,10-19)26-17(28)15-6-14-18(30-15)24-4-3-23-14/h1-6H,7-10H2,(H,25,27)(H,26,28). The first-order valence-corrected chi connectivity index (χ1v) is 10.5. The largest absolute Gasteiger partial charge is 0.484 e. The van der Waals surface area contributed by atoms with Gasteiger partial charge in [0.1, 0.15) is 21.9 Å². The lowest BCUT2D eigenvalue weighted by atomic mass is 9.44. The Balaban J connectivity index is 1.12. The zero-order chi connectivity index (χ0) is 20.9. The molecule has 10 heteroatoms. The minimum atomic E-state index is -0.600. The Labute approximate surface area is 179 Å². The molecule has 6 rings (SSSR count). The van der Waals surface area contributed by atoms with Crippen LogP contribution >= 0.6 is 22.9 Å². The maximum atomic E-state index is 13.4. The number of hydrogen-bond acceptors (Lipinski definition) is 6. The molecule has 0 saturated heterocycles. The number of aromatic nitrogens is 2. The van der Waals surface area contributed by atoms with E-state index in [0.29, 0.717) is 29.7 Å². The van der Waals surface area contributed by atoms with Crippen LogP contribution in [0.15, 0.2) is 36.7 Å². The van der Waals surface area contributed by atoms with E-state index in [1.54, 1.807) is 18.5 Å². The van der Waals surface area contributed by atoms with Gasteiger partial charge in [-0.3, -0.25) is 14.6 Å². The van der Waals surface area contributed by atoms with Gasteiger partial charge in [-0.15, -0.1) is 11.3 Å². The first-order valence-electron chi connectivity index (χ1n) is 9.27. The number of halogens is 2. The molecule has 2 heterocycles. The van der Waals surface area contributed by atoms with E-state index in [1.165, 1.54) is 23.5 Å². The minimum Gasteiger partial charge on any atom is -0.484 e. The number of benzene rings is 1. The van der Waals surface area contributed by atoms with Crippen molar-refractivity contribution in [2.45, 2.75) is 30.3 Å². The summed E-state index contributed by atoms with van der Waals surface area (Å²) in [6.07, 6.45) is 5.22. The number of amides is 2. The van der Waals surface area contributed by atoms with E-state index in [-0.39, 0.29) is 40.3 Å². The first-order chi connectivity index (χ1) is 14.4. The topological polar surface area (TPSA) is 93.2 Å². The van der Waals surface area contributed by atoms with Gasteiger partial charge in [0, 0.05) is 29.5 Å². The van der Waals surface area contributed by atoms with Gasteiger partial charge in [0.05, 0.1) is 9.90 Å². The predicted octanol–water partition coefficient (Wildman–Crippen LogP) is 3.08. The molecular formula is C20H16ClFN4O3S. The Morgan fingerprint density at radius 2 is 1.87 bits per heavy atom. The first kappa shape index (κ1) is 19.2. The number of ether oxygens (including phenoxy) is 1. The fraction of sp³-hybridized carbons (Fsp3) is 0.300. The summed E-state index contributed by atoms with van der Waals surface area (Å²) in [7, 11) is 0. The van der Waals surface area contributed by atoms with Gasteiger partial charge < -0.3 is 15.4 Å². The van der Waals surface area contributed by atoms with Crippen molar-refractivity contribution in [2.75, 3.05) is 6.61 Å². The minimum absolute atomic E-state index is 0.00353. The van der Waals surface area contributed by atoms with Crippen molar-refractivity contribution in [1.82, 2.24) is 20.6 Å². The molecule has 0 spiro atoms. The molecule has 3 fully saturated rings. The van der Waals surface area contributed by atoms with Crippen LogP contribution in [0.25, 0.3) is 10.3 Å². The number of fused-ring (bicyclic) bond motifs is 1. The highest BCUT2D eigenvalue weighted by Gasteiger charge is 2.69. The van der Waals surface area contributed by atoms with E-state index >= 15 is 0 Å². The molecule has 0 atom stereocenters. The highest BCUT2D eigenvalue weighted by molar-refractivity contribution is 7.20. The molecule has 0 radical (unpaired) electrons. The highest BCUT2D eigenvalue weighted by atomic mass is 35.5. The lowest BCUT2D eigenvalue weighted by Crippen LogP contribution is -2.84. The maximum absolute atomic E-state index is 13.4. The Bertz CT molecular complexity index is 1130. The summed E-state index contributed by atoms with van der Waals surface area (Å²) in [6.45, 7) is -0.218. The Kier molecular flexibility index (Phi) is 4.41. The molecule has 2 N–H and O–H groups in total. The van der Waals surface area contributed by atoms with Gasteiger partial charge >= 0.3 is 0 Å². The third-order valence-corrected chi connectivity index (χ3v) is 6.80. The normalized spacial score (nSPS) is 23.9. The van der Waals surface area contributed by atoms with Gasteiger partial charge in [0.15, 0.2) is 6.61 Å². The van der Waals surface area contributed by atoms with Crippen molar-refractivity contribution in [3.8, 4) is 5.75 Å². The van der Waals surface area contributed by atoms with Crippen molar-refractivity contribution < 1.29 is 18.7 Å². The quantitative estimate of drug-likeness (QED) is 0.607. The van der Waals surface area contributed by atoms with Gasteiger partial charge in [-0.05, 0) is 37.5 Å². The molecule has 0 aliphatic heterocycles. The van der Waals surface area contributed by atoms with E-state index in [2.05, 4.69) is 20.6 Å². The van der Waals surface area contributed by atoms with E-state index in [0.717, 1.165) is 10.9 Å². The molecule has 1 aromatic carbocycles.